The van der Waals surface area contributed by atoms with E-state index in [-0.39, 0.29) is 0 Å². The van der Waals surface area contributed by atoms with Crippen LogP contribution >= 0.6 is 23.8 Å². The first-order valence-electron chi connectivity index (χ1n) is 9.52. The number of nitrogens with one attached hydrogen (secondary N) is 1. The van der Waals surface area contributed by atoms with Crippen molar-refractivity contribution in [1.82, 2.24) is 9.80 Å². The molecule has 0 radical (unpaired) electrons. The summed E-state index contributed by atoms with van der Waals surface area (Å²) in [7, 11) is 2.18. The summed E-state index contributed by atoms with van der Waals surface area (Å²) >= 11 is 11.9. The van der Waals surface area contributed by atoms with E-state index in [0.717, 1.165) is 48.1 Å². The van der Waals surface area contributed by atoms with E-state index in [0.29, 0.717) is 11.7 Å². The predicted molar refractivity (Wildman–Crippen MR) is 119 cm³/mol. The van der Waals surface area contributed by atoms with Gasteiger partial charge in [-0.25, -0.2) is 0 Å². The number of thiocarbonyl (C=S) groups is 1. The maximum Gasteiger partial charge on any atom is 0.173 e. The average molecular weight is 408 g/mol. The number of aryl methyl sites for hydroxylation is 1. The molecule has 0 bridgehead atoms. The number of nitrogens with zero attached hydrogens (tertiary/aromatic N) is 2. The first-order valence-corrected chi connectivity index (χ1v) is 10.3. The zero-order valence-electron chi connectivity index (χ0n) is 16.5. The highest BCUT2D eigenvalue weighted by atomic mass is 35.5. The number of anilines is 1. The minimum atomic E-state index is 0.650. The molecular formula is C21H30ClN3OS. The molecule has 1 N–H and O–H groups in total. The first kappa shape index (κ1) is 21.7. The normalized spacial score (nSPS) is 11.0. The van der Waals surface area contributed by atoms with Crippen molar-refractivity contribution in [3.8, 4) is 0 Å². The van der Waals surface area contributed by atoms with Crippen LogP contribution in [0.15, 0.2) is 41.0 Å². The molecule has 0 atom stereocenters. The van der Waals surface area contributed by atoms with Crippen LogP contribution in [0.3, 0.4) is 0 Å². The number of benzene rings is 1. The Morgan fingerprint density at radius 1 is 1.19 bits per heavy atom. The number of hydrogen-bond donors (Lipinski definition) is 1. The molecule has 2 aromatic rings. The third-order valence-electron chi connectivity index (χ3n) is 4.50. The lowest BCUT2D eigenvalue weighted by Gasteiger charge is -2.26. The van der Waals surface area contributed by atoms with Crippen LogP contribution in [-0.2, 0) is 6.54 Å². The van der Waals surface area contributed by atoms with Gasteiger partial charge < -0.3 is 19.5 Å². The summed E-state index contributed by atoms with van der Waals surface area (Å²) in [5, 5.41) is 4.73. The molecule has 1 aromatic carbocycles. The predicted octanol–water partition coefficient (Wildman–Crippen LogP) is 5.56. The second-order valence-electron chi connectivity index (χ2n) is 6.91. The summed E-state index contributed by atoms with van der Waals surface area (Å²) in [5.41, 5.74) is 1.95. The molecule has 0 unspecified atom stereocenters. The molecule has 1 heterocycles. The van der Waals surface area contributed by atoms with E-state index in [1.165, 1.54) is 12.8 Å². The topological polar surface area (TPSA) is 31.6 Å². The molecule has 0 saturated heterocycles. The van der Waals surface area contributed by atoms with Crippen LogP contribution in [0.5, 0.6) is 0 Å². The summed E-state index contributed by atoms with van der Waals surface area (Å²) in [5.74, 6) is 0.903. The molecule has 0 aliphatic carbocycles. The molecule has 27 heavy (non-hydrogen) atoms. The lowest BCUT2D eigenvalue weighted by atomic mass is 10.2. The number of furan rings is 1. The van der Waals surface area contributed by atoms with Gasteiger partial charge in [0.1, 0.15) is 5.76 Å². The number of rotatable bonds is 10. The van der Waals surface area contributed by atoms with E-state index in [1.54, 1.807) is 6.26 Å². The van der Waals surface area contributed by atoms with Gasteiger partial charge in [-0.2, -0.15) is 0 Å². The van der Waals surface area contributed by atoms with Gasteiger partial charge in [-0.3, -0.25) is 0 Å². The van der Waals surface area contributed by atoms with Crippen molar-refractivity contribution >= 4 is 34.6 Å². The molecule has 0 fully saturated rings. The fraction of sp³-hybridized carbons (Fsp3) is 0.476. The highest BCUT2D eigenvalue weighted by molar-refractivity contribution is 7.80. The van der Waals surface area contributed by atoms with E-state index in [4.69, 9.17) is 28.2 Å². The Kier molecular flexibility index (Phi) is 9.11. The van der Waals surface area contributed by atoms with E-state index in [1.807, 2.05) is 37.3 Å². The maximum absolute atomic E-state index is 6.23. The first-order chi connectivity index (χ1) is 13.0. The van der Waals surface area contributed by atoms with Crippen LogP contribution in [0.25, 0.3) is 0 Å². The van der Waals surface area contributed by atoms with Crippen molar-refractivity contribution in [2.75, 3.05) is 32.0 Å². The van der Waals surface area contributed by atoms with Gasteiger partial charge >= 0.3 is 0 Å². The van der Waals surface area contributed by atoms with Crippen LogP contribution < -0.4 is 5.32 Å². The molecule has 0 aliphatic rings. The molecule has 0 spiro atoms. The minimum absolute atomic E-state index is 0.650. The molecule has 0 amide bonds. The van der Waals surface area contributed by atoms with Gasteiger partial charge in [-0.1, -0.05) is 31.0 Å². The Labute approximate surface area is 173 Å². The number of hydrogen-bond acceptors (Lipinski definition) is 3. The highest BCUT2D eigenvalue weighted by Gasteiger charge is 2.13. The van der Waals surface area contributed by atoms with Crippen LogP contribution in [0.1, 0.15) is 37.5 Å². The van der Waals surface area contributed by atoms with Crippen molar-refractivity contribution in [2.45, 2.75) is 39.7 Å². The van der Waals surface area contributed by atoms with Crippen LogP contribution in [-0.4, -0.2) is 41.6 Å². The Morgan fingerprint density at radius 2 is 1.96 bits per heavy atom. The van der Waals surface area contributed by atoms with Gasteiger partial charge in [0.05, 0.1) is 12.8 Å². The van der Waals surface area contributed by atoms with E-state index >= 15 is 0 Å². The standard InChI is InChI=1S/C21H30ClN3OS/c1-4-5-11-24(3)12-7-13-25(16-19-8-6-14-26-19)21(27)23-18-10-9-17(2)20(22)15-18/h6,8-10,14-15H,4-5,7,11-13,16H2,1-3H3,(H,23,27). The van der Waals surface area contributed by atoms with Crippen molar-refractivity contribution < 1.29 is 4.42 Å². The summed E-state index contributed by atoms with van der Waals surface area (Å²) in [6.45, 7) is 7.91. The number of halogens is 1. The summed E-state index contributed by atoms with van der Waals surface area (Å²) in [6.07, 6.45) is 5.20. The third kappa shape index (κ3) is 7.53. The smallest absolute Gasteiger partial charge is 0.173 e. The zero-order valence-corrected chi connectivity index (χ0v) is 18.1. The SMILES string of the molecule is CCCCN(C)CCCN(Cc1ccco1)C(=S)Nc1ccc(C)c(Cl)c1. The van der Waals surface area contributed by atoms with E-state index in [9.17, 15) is 0 Å². The second kappa shape index (κ2) is 11.3. The zero-order chi connectivity index (χ0) is 19.6. The minimum Gasteiger partial charge on any atom is -0.467 e. The summed E-state index contributed by atoms with van der Waals surface area (Å²) in [6, 6.07) is 9.78. The maximum atomic E-state index is 6.23. The van der Waals surface area contributed by atoms with Crippen LogP contribution in [0, 0.1) is 6.92 Å². The van der Waals surface area contributed by atoms with Gasteiger partial charge in [0.15, 0.2) is 5.11 Å². The van der Waals surface area contributed by atoms with Gasteiger partial charge in [0, 0.05) is 17.3 Å². The molecule has 2 rings (SSSR count). The van der Waals surface area contributed by atoms with Crippen LogP contribution in [0.2, 0.25) is 5.02 Å². The monoisotopic (exact) mass is 407 g/mol. The van der Waals surface area contributed by atoms with Crippen molar-refractivity contribution in [1.29, 1.82) is 0 Å². The fourth-order valence-electron chi connectivity index (χ4n) is 2.79. The van der Waals surface area contributed by atoms with Crippen LogP contribution in [0.4, 0.5) is 5.69 Å². The molecule has 6 heteroatoms. The van der Waals surface area contributed by atoms with Crippen molar-refractivity contribution in [2.24, 2.45) is 0 Å². The quantitative estimate of drug-likeness (QED) is 0.521. The molecule has 1 aromatic heterocycles. The third-order valence-corrected chi connectivity index (χ3v) is 5.27. The fourth-order valence-corrected chi connectivity index (χ4v) is 3.24. The Hall–Kier alpha value is -1.56. The number of unbranched alkanes of at least 4 members (excludes halogenated alkanes) is 1. The Bertz CT molecular complexity index is 705. The molecule has 4 nitrogen and oxygen atoms in total. The second-order valence-corrected chi connectivity index (χ2v) is 7.70. The Morgan fingerprint density at radius 3 is 2.63 bits per heavy atom. The van der Waals surface area contributed by atoms with E-state index in [2.05, 4.69) is 29.1 Å². The lowest BCUT2D eigenvalue weighted by Crippen LogP contribution is -2.36. The lowest BCUT2D eigenvalue weighted by molar-refractivity contribution is 0.293. The average Bonchev–Trinajstić information content (AvgIpc) is 3.15. The van der Waals surface area contributed by atoms with Crippen molar-refractivity contribution in [3.05, 3.63) is 52.9 Å². The largest absolute Gasteiger partial charge is 0.467 e. The summed E-state index contributed by atoms with van der Waals surface area (Å²) in [4.78, 5) is 4.53. The van der Waals surface area contributed by atoms with Gasteiger partial charge in [0.2, 0.25) is 0 Å². The van der Waals surface area contributed by atoms with Gasteiger partial charge in [-0.15, -0.1) is 0 Å². The van der Waals surface area contributed by atoms with Gasteiger partial charge in [0.25, 0.3) is 0 Å². The highest BCUT2D eigenvalue weighted by Crippen LogP contribution is 2.20. The van der Waals surface area contributed by atoms with Crippen molar-refractivity contribution in [3.63, 3.8) is 0 Å². The molecular weight excluding hydrogens is 378 g/mol. The molecule has 0 aliphatic heterocycles. The summed E-state index contributed by atoms with van der Waals surface area (Å²) < 4.78 is 5.52. The Balaban J connectivity index is 1.95. The van der Waals surface area contributed by atoms with Gasteiger partial charge in [-0.05, 0) is 81.9 Å². The molecule has 148 valence electrons. The molecule has 0 saturated carbocycles. The van der Waals surface area contributed by atoms with E-state index < -0.39 is 0 Å².